The molecule has 0 aromatic heterocycles. The maximum absolute atomic E-state index is 6.77. The van der Waals surface area contributed by atoms with E-state index in [0.717, 1.165) is 39.4 Å². The van der Waals surface area contributed by atoms with Crippen LogP contribution in [0.25, 0.3) is 0 Å². The molecule has 1 spiro atoms. The number of hydrogen-bond donors (Lipinski definition) is 0. The molecule has 0 bridgehead atoms. The Hall–Kier alpha value is 0.793. The van der Waals surface area contributed by atoms with Gasteiger partial charge in [0.25, 0.3) is 0 Å². The number of rotatable bonds is 20. The van der Waals surface area contributed by atoms with Crippen LogP contribution in [0.4, 0.5) is 0 Å². The van der Waals surface area contributed by atoms with Crippen LogP contribution < -0.4 is 0 Å². The van der Waals surface area contributed by atoms with Gasteiger partial charge in [-0.3, -0.25) is 0 Å². The van der Waals surface area contributed by atoms with Gasteiger partial charge in [0, 0.05) is 0 Å². The van der Waals surface area contributed by atoms with Crippen molar-refractivity contribution in [2.24, 2.45) is 0 Å². The number of unbranched alkanes of at least 4 members (excludes halogenated alkanes) is 6. The molecule has 4 nitrogen and oxygen atoms in total. The van der Waals surface area contributed by atoms with Gasteiger partial charge < -0.3 is 0 Å². The van der Waals surface area contributed by atoms with E-state index in [4.69, 9.17) is 18.3 Å². The van der Waals surface area contributed by atoms with Crippen molar-refractivity contribution in [1.29, 1.82) is 0 Å². The van der Waals surface area contributed by atoms with Crippen molar-refractivity contribution >= 4 is 16.6 Å². The van der Waals surface area contributed by atoms with Crippen LogP contribution in [0.1, 0.15) is 99.8 Å². The van der Waals surface area contributed by atoms with Gasteiger partial charge in [-0.15, -0.1) is 0 Å². The van der Waals surface area contributed by atoms with Crippen molar-refractivity contribution in [3.8, 4) is 0 Å². The molecule has 256 valence electrons. The van der Waals surface area contributed by atoms with Crippen molar-refractivity contribution in [2.45, 2.75) is 183 Å². The van der Waals surface area contributed by atoms with Crippen LogP contribution in [0.15, 0.2) is 0 Å². The molecule has 0 saturated carbocycles. The van der Waals surface area contributed by atoms with Gasteiger partial charge in [-0.2, -0.15) is 0 Å². The third kappa shape index (κ3) is 0.909. The summed E-state index contributed by atoms with van der Waals surface area (Å²) in [6.45, 7) is 29.1. The van der Waals surface area contributed by atoms with Crippen LogP contribution in [0.5, 0.6) is 0 Å². The number of fused-ring (bicyclic) bond motifs is 10. The van der Waals surface area contributed by atoms with E-state index in [0.29, 0.717) is 10.1 Å². The zero-order valence-electron chi connectivity index (χ0n) is 30.4. The average molecular weight is 689 g/mol. The molecule has 0 radical (unpaired) electrons. The second-order valence-electron chi connectivity index (χ2n) is 22.7. The van der Waals surface area contributed by atoms with Crippen LogP contribution in [-0.2, 0) is 24.8 Å². The molecule has 9 unspecified atom stereocenters. The number of hydrogen-bond acceptors (Lipinski definition) is 4. The Morgan fingerprint density at radius 1 is 0.545 bits per heavy atom. The van der Waals surface area contributed by atoms with Gasteiger partial charge in [0.05, 0.1) is 0 Å². The number of ether oxygens (including phenoxy) is 2. The molecular formula is C37H68FeO4Si2. The molecule has 0 aromatic rings. The summed E-state index contributed by atoms with van der Waals surface area (Å²) in [5.74, 6) is 0. The quantitative estimate of drug-likeness (QED) is 0.0942. The third-order valence-electron chi connectivity index (χ3n) is 23.9. The molecule has 10 saturated heterocycles. The minimum atomic E-state index is -3.54. The summed E-state index contributed by atoms with van der Waals surface area (Å²) < 4.78 is 28.7. The molecule has 0 aromatic carbocycles. The van der Waals surface area contributed by atoms with E-state index in [1.54, 1.807) is 0 Å². The Kier molecular flexibility index (Phi) is 3.37. The van der Waals surface area contributed by atoms with Crippen LogP contribution in [0.2, 0.25) is 82.9 Å². The Bertz CT molecular complexity index is 1670. The maximum atomic E-state index is 6.77. The Morgan fingerprint density at radius 2 is 0.977 bits per heavy atom. The molecule has 10 aliphatic heterocycles. The van der Waals surface area contributed by atoms with E-state index in [2.05, 4.69) is 74.7 Å². The predicted octanol–water partition coefficient (Wildman–Crippen LogP) is 11.7. The van der Waals surface area contributed by atoms with Gasteiger partial charge in [0.1, 0.15) is 0 Å². The minimum absolute atomic E-state index is 0.316. The van der Waals surface area contributed by atoms with Crippen molar-refractivity contribution in [2.75, 3.05) is 39.6 Å². The summed E-state index contributed by atoms with van der Waals surface area (Å²) in [5, 5.41) is 0.633. The molecule has 10 heterocycles. The predicted molar refractivity (Wildman–Crippen MR) is 185 cm³/mol. The zero-order chi connectivity index (χ0) is 31.6. The van der Waals surface area contributed by atoms with Crippen LogP contribution in [0.3, 0.4) is 0 Å². The molecule has 10 aliphatic rings. The molecule has 10 rings (SSSR count). The summed E-state index contributed by atoms with van der Waals surface area (Å²) in [7, 11) is -3.18. The van der Waals surface area contributed by atoms with Gasteiger partial charge in [-0.25, -0.2) is 0 Å². The van der Waals surface area contributed by atoms with E-state index >= 15 is 0 Å². The first-order chi connectivity index (χ1) is 20.2. The van der Waals surface area contributed by atoms with Gasteiger partial charge >= 0.3 is 222 Å². The summed E-state index contributed by atoms with van der Waals surface area (Å²) in [5.41, 5.74) is 0. The first-order valence-corrected chi connectivity index (χ1v) is 30.8. The van der Waals surface area contributed by atoms with E-state index in [9.17, 15) is 0 Å². The fourth-order valence-corrected chi connectivity index (χ4v) is 105. The fraction of sp³-hybridized carbons (Fsp3) is 1.00. The van der Waals surface area contributed by atoms with Crippen molar-refractivity contribution < 1.29 is 24.8 Å². The molecule has 44 heavy (non-hydrogen) atoms. The van der Waals surface area contributed by atoms with Crippen LogP contribution in [0, 0.1) is 0 Å². The topological polar surface area (TPSA) is 36.9 Å². The SMILES string of the molecule is CC(C)(C)[Si](C)(C)OCCCCCCOC[C]12[CH]3[CH]4[CH]5[CH]1[Fe]45321678[CH]2[CH]1[C]6(C)[C]7(COCCCCCCO[Si](C)(C)C(C)(C)C)[CH]28. The molecule has 9 atom stereocenters. The van der Waals surface area contributed by atoms with Crippen LogP contribution >= 0.6 is 0 Å². The average Bonchev–Trinajstić information content (AvgIpc) is 3.88. The van der Waals surface area contributed by atoms with Crippen molar-refractivity contribution in [3.05, 3.63) is 0 Å². The Labute approximate surface area is 262 Å². The second kappa shape index (κ2) is 4.99. The normalized spacial score (nSPS) is 58.5. The molecule has 7 heteroatoms. The fourth-order valence-electron chi connectivity index (χ4n) is 22.6. The first-order valence-electron chi connectivity index (χ1n) is 18.9. The molecule has 0 N–H and O–H groups in total. The van der Waals surface area contributed by atoms with E-state index in [-0.39, 0.29) is 0 Å². The van der Waals surface area contributed by atoms with Crippen LogP contribution in [-0.4, -0.2) is 56.3 Å². The molecule has 10 fully saturated rings. The Balaban J connectivity index is 0.684. The van der Waals surface area contributed by atoms with Gasteiger partial charge in [-0.05, 0) is 0 Å². The van der Waals surface area contributed by atoms with Gasteiger partial charge in [0.2, 0.25) is 0 Å². The first kappa shape index (κ1) is 29.7. The second-order valence-corrected chi connectivity index (χ2v) is 55.6. The van der Waals surface area contributed by atoms with Crippen molar-refractivity contribution in [1.82, 2.24) is 0 Å². The standard InChI is InChI=1S/C19H35O2Si.C18H33O2Si.Fe/c1-17-12-11-13-18(17)16-20-14-9-7-8-10-15-21-22(5,6)19(2,3)4;1-18(2,3)21(4,5)20-15-11-7-6-10-14-19-16-17-12-8-9-13-17;/h11-13H,7-10,14-16H2,1-6H3;8-9,12-13H,6-7,10-11,14-16H2,1-5H3;. The van der Waals surface area contributed by atoms with Crippen molar-refractivity contribution in [3.63, 3.8) is 0 Å². The molecular weight excluding hydrogens is 620 g/mol. The van der Waals surface area contributed by atoms with Gasteiger partial charge in [0.15, 0.2) is 0 Å². The molecule has 0 amide bonds. The summed E-state index contributed by atoms with van der Waals surface area (Å²) in [6.07, 6.45) is 10.1. The van der Waals surface area contributed by atoms with E-state index in [1.165, 1.54) is 98.3 Å². The van der Waals surface area contributed by atoms with E-state index in [1.807, 2.05) is 0 Å². The summed E-state index contributed by atoms with van der Waals surface area (Å²) >= 11 is 0. The van der Waals surface area contributed by atoms with E-state index < -0.39 is 23.1 Å². The summed E-state index contributed by atoms with van der Waals surface area (Å²) in [6, 6.07) is 0. The Morgan fingerprint density at radius 3 is 1.34 bits per heavy atom. The molecule has 0 aliphatic carbocycles. The monoisotopic (exact) mass is 688 g/mol. The van der Waals surface area contributed by atoms with Gasteiger partial charge in [-0.1, -0.05) is 41.5 Å². The summed E-state index contributed by atoms with van der Waals surface area (Å²) in [4.78, 5) is 8.91. The zero-order valence-corrected chi connectivity index (χ0v) is 33.5. The third-order valence-corrected chi connectivity index (χ3v) is 78.7.